The molecular formula is C23H31FN4O3. The van der Waals surface area contributed by atoms with E-state index in [1.165, 1.54) is 23.1 Å². The standard InChI is InChI=1S/C23H31FN4O3/c1-22(2)10-18-11-23(3,13-22)14-28(18)20(30)15-7-16(24)9-17(8-15)25-19(29)12-27-6-5-26(4)21(27)31/h7-9,18H,5-6,10-14H2,1-4H3,(H,25,29)/t18-,23-/m1/s1. The van der Waals surface area contributed by atoms with Gasteiger partial charge in [0, 0.05) is 44.0 Å². The number of amides is 4. The minimum absolute atomic E-state index is 0.0852. The summed E-state index contributed by atoms with van der Waals surface area (Å²) in [7, 11) is 1.68. The van der Waals surface area contributed by atoms with Gasteiger partial charge in [-0.3, -0.25) is 9.59 Å². The molecule has 4 amide bonds. The van der Waals surface area contributed by atoms with Crippen molar-refractivity contribution in [3.8, 4) is 0 Å². The van der Waals surface area contributed by atoms with Crippen LogP contribution < -0.4 is 5.32 Å². The molecule has 2 bridgehead atoms. The molecule has 0 spiro atoms. The SMILES string of the molecule is CN1CCN(CC(=O)Nc2cc(F)cc(C(=O)N3C[C@]4(C)C[C@H]3CC(C)(C)C4)c2)C1=O. The number of fused-ring (bicyclic) bond motifs is 2. The van der Waals surface area contributed by atoms with Crippen molar-refractivity contribution in [2.24, 2.45) is 10.8 Å². The Morgan fingerprint density at radius 2 is 1.90 bits per heavy atom. The molecule has 4 rings (SSSR count). The second-order valence-corrected chi connectivity index (χ2v) is 10.5. The zero-order chi connectivity index (χ0) is 22.6. The van der Waals surface area contributed by atoms with Crippen LogP contribution in [0, 0.1) is 16.6 Å². The minimum atomic E-state index is -0.577. The van der Waals surface area contributed by atoms with Crippen LogP contribution in [0.2, 0.25) is 0 Å². The number of halogens is 1. The minimum Gasteiger partial charge on any atom is -0.335 e. The average molecular weight is 431 g/mol. The van der Waals surface area contributed by atoms with Crippen LogP contribution in [0.5, 0.6) is 0 Å². The summed E-state index contributed by atoms with van der Waals surface area (Å²) in [6.45, 7) is 8.31. The lowest BCUT2D eigenvalue weighted by Gasteiger charge is -2.39. The molecule has 2 heterocycles. The number of carbonyl (C=O) groups is 3. The van der Waals surface area contributed by atoms with E-state index in [-0.39, 0.29) is 46.6 Å². The first kappa shape index (κ1) is 21.6. The van der Waals surface area contributed by atoms with Crippen molar-refractivity contribution < 1.29 is 18.8 Å². The van der Waals surface area contributed by atoms with Gasteiger partial charge in [-0.1, -0.05) is 20.8 Å². The number of urea groups is 1. The average Bonchev–Trinajstić information content (AvgIpc) is 3.09. The van der Waals surface area contributed by atoms with Gasteiger partial charge >= 0.3 is 6.03 Å². The highest BCUT2D eigenvalue weighted by molar-refractivity contribution is 5.98. The van der Waals surface area contributed by atoms with Crippen molar-refractivity contribution in [2.75, 3.05) is 38.5 Å². The van der Waals surface area contributed by atoms with E-state index >= 15 is 0 Å². The molecule has 1 aromatic rings. The van der Waals surface area contributed by atoms with Gasteiger partial charge in [0.15, 0.2) is 0 Å². The van der Waals surface area contributed by atoms with Gasteiger partial charge in [-0.15, -0.1) is 0 Å². The van der Waals surface area contributed by atoms with E-state index in [1.807, 2.05) is 4.90 Å². The number of anilines is 1. The smallest absolute Gasteiger partial charge is 0.320 e. The number of rotatable bonds is 4. The van der Waals surface area contributed by atoms with Crippen LogP contribution in [0.1, 0.15) is 50.4 Å². The molecule has 2 atom stereocenters. The first-order valence-corrected chi connectivity index (χ1v) is 10.9. The molecule has 7 nitrogen and oxygen atoms in total. The van der Waals surface area contributed by atoms with Crippen LogP contribution in [-0.4, -0.2) is 71.8 Å². The predicted molar refractivity (Wildman–Crippen MR) is 115 cm³/mol. The van der Waals surface area contributed by atoms with E-state index in [9.17, 15) is 18.8 Å². The van der Waals surface area contributed by atoms with Gasteiger partial charge in [0.05, 0.1) is 0 Å². The molecule has 1 N–H and O–H groups in total. The number of hydrogen-bond donors (Lipinski definition) is 1. The van der Waals surface area contributed by atoms with E-state index < -0.39 is 11.7 Å². The quantitative estimate of drug-likeness (QED) is 0.798. The first-order valence-electron chi connectivity index (χ1n) is 10.9. The molecule has 0 unspecified atom stereocenters. The van der Waals surface area contributed by atoms with Crippen molar-refractivity contribution in [3.63, 3.8) is 0 Å². The fourth-order valence-electron chi connectivity index (χ4n) is 5.87. The Bertz CT molecular complexity index is 933. The zero-order valence-corrected chi connectivity index (χ0v) is 18.7. The molecule has 31 heavy (non-hydrogen) atoms. The Morgan fingerprint density at radius 1 is 1.16 bits per heavy atom. The maximum absolute atomic E-state index is 14.3. The number of nitrogens with zero attached hydrogens (tertiary/aromatic N) is 3. The second kappa shape index (κ2) is 7.50. The van der Waals surface area contributed by atoms with Crippen LogP contribution >= 0.6 is 0 Å². The lowest BCUT2D eigenvalue weighted by atomic mass is 9.65. The molecule has 1 aliphatic carbocycles. The number of hydrogen-bond acceptors (Lipinski definition) is 3. The van der Waals surface area contributed by atoms with Crippen molar-refractivity contribution >= 4 is 23.5 Å². The Hall–Kier alpha value is -2.64. The fourth-order valence-corrected chi connectivity index (χ4v) is 5.87. The van der Waals surface area contributed by atoms with Crippen molar-refractivity contribution in [1.29, 1.82) is 0 Å². The summed E-state index contributed by atoms with van der Waals surface area (Å²) in [6.07, 6.45) is 2.97. The maximum Gasteiger partial charge on any atom is 0.320 e. The lowest BCUT2D eigenvalue weighted by molar-refractivity contribution is -0.116. The molecule has 3 aliphatic rings. The third kappa shape index (κ3) is 4.38. The van der Waals surface area contributed by atoms with Crippen molar-refractivity contribution in [1.82, 2.24) is 14.7 Å². The molecular weight excluding hydrogens is 399 g/mol. The highest BCUT2D eigenvalue weighted by atomic mass is 19.1. The summed E-state index contributed by atoms with van der Waals surface area (Å²) in [5.74, 6) is -1.19. The van der Waals surface area contributed by atoms with Gasteiger partial charge in [-0.25, -0.2) is 9.18 Å². The maximum atomic E-state index is 14.3. The molecule has 1 aromatic carbocycles. The molecule has 0 aromatic heterocycles. The molecule has 1 saturated carbocycles. The zero-order valence-electron chi connectivity index (χ0n) is 18.7. The Labute approximate surface area is 182 Å². The molecule has 2 aliphatic heterocycles. The lowest BCUT2D eigenvalue weighted by Crippen LogP contribution is -2.38. The highest BCUT2D eigenvalue weighted by Crippen LogP contribution is 2.52. The second-order valence-electron chi connectivity index (χ2n) is 10.5. The molecule has 3 fully saturated rings. The van der Waals surface area contributed by atoms with E-state index in [1.54, 1.807) is 11.9 Å². The van der Waals surface area contributed by atoms with E-state index in [0.29, 0.717) is 19.6 Å². The third-order valence-corrected chi connectivity index (χ3v) is 6.74. The van der Waals surface area contributed by atoms with Gasteiger partial charge in [0.1, 0.15) is 12.4 Å². The van der Waals surface area contributed by atoms with Crippen LogP contribution in [-0.2, 0) is 4.79 Å². The summed E-state index contributed by atoms with van der Waals surface area (Å²) in [5.41, 5.74) is 0.722. The molecule has 0 radical (unpaired) electrons. The number of likely N-dealkylation sites (tertiary alicyclic amines) is 1. The van der Waals surface area contributed by atoms with Crippen LogP contribution in [0.25, 0.3) is 0 Å². The van der Waals surface area contributed by atoms with E-state index in [2.05, 4.69) is 26.1 Å². The monoisotopic (exact) mass is 430 g/mol. The van der Waals surface area contributed by atoms with E-state index in [0.717, 1.165) is 19.3 Å². The number of benzene rings is 1. The van der Waals surface area contributed by atoms with Gasteiger partial charge in [-0.05, 0) is 48.3 Å². The van der Waals surface area contributed by atoms with Crippen LogP contribution in [0.15, 0.2) is 18.2 Å². The van der Waals surface area contributed by atoms with E-state index in [4.69, 9.17) is 0 Å². The largest absolute Gasteiger partial charge is 0.335 e. The third-order valence-electron chi connectivity index (χ3n) is 6.74. The van der Waals surface area contributed by atoms with Crippen LogP contribution in [0.3, 0.4) is 0 Å². The highest BCUT2D eigenvalue weighted by Gasteiger charge is 2.51. The Kier molecular flexibility index (Phi) is 5.22. The fraction of sp³-hybridized carbons (Fsp3) is 0.609. The summed E-state index contributed by atoms with van der Waals surface area (Å²) in [6, 6.07) is 3.89. The Balaban J connectivity index is 1.47. The van der Waals surface area contributed by atoms with Crippen LogP contribution in [0.4, 0.5) is 14.9 Å². The molecule has 168 valence electrons. The first-order chi connectivity index (χ1) is 14.4. The van der Waals surface area contributed by atoms with Crippen molar-refractivity contribution in [2.45, 2.75) is 46.1 Å². The topological polar surface area (TPSA) is 73.0 Å². The molecule has 2 saturated heterocycles. The normalized spacial score (nSPS) is 27.1. The number of nitrogens with one attached hydrogen (secondary N) is 1. The summed E-state index contributed by atoms with van der Waals surface area (Å²) >= 11 is 0. The van der Waals surface area contributed by atoms with Crippen molar-refractivity contribution in [3.05, 3.63) is 29.6 Å². The van der Waals surface area contributed by atoms with Gasteiger partial charge in [0.2, 0.25) is 5.91 Å². The summed E-state index contributed by atoms with van der Waals surface area (Å²) < 4.78 is 14.3. The molecule has 8 heteroatoms. The number of likely N-dealkylation sites (N-methyl/N-ethyl adjacent to an activating group) is 1. The summed E-state index contributed by atoms with van der Waals surface area (Å²) in [5, 5.41) is 2.64. The predicted octanol–water partition coefficient (Wildman–Crippen LogP) is 3.17. The Morgan fingerprint density at radius 3 is 2.58 bits per heavy atom. The summed E-state index contributed by atoms with van der Waals surface area (Å²) in [4.78, 5) is 42.5. The van der Waals surface area contributed by atoms with Gasteiger partial charge in [0.25, 0.3) is 5.91 Å². The number of carbonyl (C=O) groups excluding carboxylic acids is 3. The van der Waals surface area contributed by atoms with Gasteiger partial charge < -0.3 is 20.0 Å². The van der Waals surface area contributed by atoms with Gasteiger partial charge in [-0.2, -0.15) is 0 Å².